The third kappa shape index (κ3) is 4.12. The van der Waals surface area contributed by atoms with E-state index in [0.717, 1.165) is 5.56 Å². The molecule has 0 spiro atoms. The number of carbonyl (C=O) groups is 1. The van der Waals surface area contributed by atoms with E-state index < -0.39 is 4.92 Å². The Morgan fingerprint density at radius 2 is 1.90 bits per heavy atom. The summed E-state index contributed by atoms with van der Waals surface area (Å²) in [5.41, 5.74) is 3.05. The molecular formula is C22H17N3O5. The fraction of sp³-hybridized carbons (Fsp3) is 0.0909. The topological polar surface area (TPSA) is 108 Å². The first-order valence-electron chi connectivity index (χ1n) is 9.13. The predicted octanol–water partition coefficient (Wildman–Crippen LogP) is 4.73. The van der Waals surface area contributed by atoms with Gasteiger partial charge in [-0.05, 0) is 48.9 Å². The summed E-state index contributed by atoms with van der Waals surface area (Å²) in [7, 11) is 0. The Kier molecular flexibility index (Phi) is 5.13. The zero-order chi connectivity index (χ0) is 21.1. The molecule has 4 rings (SSSR count). The van der Waals surface area contributed by atoms with Crippen molar-refractivity contribution in [3.8, 4) is 17.2 Å². The third-order valence-corrected chi connectivity index (χ3v) is 4.45. The van der Waals surface area contributed by atoms with Crippen molar-refractivity contribution in [2.75, 3.05) is 11.9 Å². The van der Waals surface area contributed by atoms with E-state index in [4.69, 9.17) is 9.15 Å². The molecule has 3 aromatic carbocycles. The molecule has 0 unspecified atom stereocenters. The number of aryl methyl sites for hydroxylation is 1. The van der Waals surface area contributed by atoms with Crippen molar-refractivity contribution >= 4 is 28.4 Å². The first kappa shape index (κ1) is 19.1. The second-order valence-corrected chi connectivity index (χ2v) is 6.61. The van der Waals surface area contributed by atoms with Crippen LogP contribution in [0.1, 0.15) is 5.56 Å². The second kappa shape index (κ2) is 8.04. The molecule has 1 N–H and O–H groups in total. The van der Waals surface area contributed by atoms with Crippen molar-refractivity contribution in [2.45, 2.75) is 6.92 Å². The number of amides is 1. The van der Waals surface area contributed by atoms with Gasteiger partial charge in [-0.1, -0.05) is 18.2 Å². The first-order valence-corrected chi connectivity index (χ1v) is 9.13. The summed E-state index contributed by atoms with van der Waals surface area (Å²) < 4.78 is 11.2. The molecule has 30 heavy (non-hydrogen) atoms. The van der Waals surface area contributed by atoms with E-state index in [9.17, 15) is 14.9 Å². The second-order valence-electron chi connectivity index (χ2n) is 6.61. The van der Waals surface area contributed by atoms with Crippen molar-refractivity contribution in [3.63, 3.8) is 0 Å². The van der Waals surface area contributed by atoms with Crippen molar-refractivity contribution in [2.24, 2.45) is 0 Å². The lowest BCUT2D eigenvalue weighted by atomic mass is 10.2. The summed E-state index contributed by atoms with van der Waals surface area (Å²) in [5.74, 6) is 0.727. The maximum absolute atomic E-state index is 12.1. The monoisotopic (exact) mass is 403 g/mol. The van der Waals surface area contributed by atoms with Crippen LogP contribution >= 0.6 is 0 Å². The normalized spacial score (nSPS) is 10.7. The summed E-state index contributed by atoms with van der Waals surface area (Å²) >= 11 is 0. The SMILES string of the molecule is Cc1ccccc1OCC(=O)Nc1ccc(-c2nc3ccc([N+](=O)[O-])cc3o2)cc1. The standard InChI is InChI=1S/C22H17N3O5/c1-14-4-2-3-5-19(14)29-13-21(26)23-16-8-6-15(7-9-16)22-24-18-11-10-17(25(27)28)12-20(18)30-22/h2-12H,13H2,1H3,(H,23,26). The Balaban J connectivity index is 1.42. The number of nitrogens with one attached hydrogen (secondary N) is 1. The molecular weight excluding hydrogens is 386 g/mol. The molecule has 0 aliphatic heterocycles. The van der Waals surface area contributed by atoms with Crippen molar-refractivity contribution in [1.82, 2.24) is 4.98 Å². The maximum Gasteiger partial charge on any atom is 0.273 e. The zero-order valence-electron chi connectivity index (χ0n) is 16.0. The minimum Gasteiger partial charge on any atom is -0.483 e. The number of hydrogen-bond acceptors (Lipinski definition) is 6. The maximum atomic E-state index is 12.1. The van der Waals surface area contributed by atoms with Crippen LogP contribution < -0.4 is 10.1 Å². The van der Waals surface area contributed by atoms with Crippen molar-refractivity contribution in [3.05, 3.63) is 82.4 Å². The van der Waals surface area contributed by atoms with E-state index in [-0.39, 0.29) is 18.2 Å². The van der Waals surface area contributed by atoms with Gasteiger partial charge in [0.15, 0.2) is 12.2 Å². The zero-order valence-corrected chi connectivity index (χ0v) is 16.0. The van der Waals surface area contributed by atoms with Gasteiger partial charge < -0.3 is 14.5 Å². The molecule has 150 valence electrons. The summed E-state index contributed by atoms with van der Waals surface area (Å²) in [5, 5.41) is 13.7. The summed E-state index contributed by atoms with van der Waals surface area (Å²) in [6.45, 7) is 1.81. The number of benzene rings is 3. The number of nitro groups is 1. The number of aromatic nitrogens is 1. The van der Waals surface area contributed by atoms with Crippen LogP contribution in [0.3, 0.4) is 0 Å². The molecule has 0 atom stereocenters. The molecule has 0 aliphatic rings. The number of para-hydroxylation sites is 1. The van der Waals surface area contributed by atoms with Crippen LogP contribution in [0.5, 0.6) is 5.75 Å². The molecule has 1 heterocycles. The molecule has 0 fully saturated rings. The molecule has 8 heteroatoms. The van der Waals surface area contributed by atoms with Gasteiger partial charge in [0.05, 0.1) is 11.0 Å². The fourth-order valence-electron chi connectivity index (χ4n) is 2.91. The number of anilines is 1. The van der Waals surface area contributed by atoms with Gasteiger partial charge in [0.1, 0.15) is 11.3 Å². The molecule has 0 bridgehead atoms. The lowest BCUT2D eigenvalue weighted by Gasteiger charge is -2.09. The Labute approximate surface area is 171 Å². The third-order valence-electron chi connectivity index (χ3n) is 4.45. The Morgan fingerprint density at radius 1 is 1.13 bits per heavy atom. The molecule has 0 saturated heterocycles. The number of oxazole rings is 1. The van der Waals surface area contributed by atoms with Crippen LogP contribution in [0.4, 0.5) is 11.4 Å². The van der Waals surface area contributed by atoms with Gasteiger partial charge in [-0.3, -0.25) is 14.9 Å². The summed E-state index contributed by atoms with van der Waals surface area (Å²) in [6.07, 6.45) is 0. The minimum absolute atomic E-state index is 0.0591. The molecule has 0 aliphatic carbocycles. The number of hydrogen-bond donors (Lipinski definition) is 1. The van der Waals surface area contributed by atoms with Crippen LogP contribution in [0, 0.1) is 17.0 Å². The Morgan fingerprint density at radius 3 is 2.63 bits per heavy atom. The predicted molar refractivity (Wildman–Crippen MR) is 111 cm³/mol. The van der Waals surface area contributed by atoms with Gasteiger partial charge in [-0.25, -0.2) is 4.98 Å². The van der Waals surface area contributed by atoms with Crippen LogP contribution in [0.2, 0.25) is 0 Å². The number of ether oxygens (including phenoxy) is 1. The van der Waals surface area contributed by atoms with Gasteiger partial charge in [-0.15, -0.1) is 0 Å². The van der Waals surface area contributed by atoms with Crippen LogP contribution in [-0.2, 0) is 4.79 Å². The van der Waals surface area contributed by atoms with Gasteiger partial charge in [-0.2, -0.15) is 0 Å². The highest BCUT2D eigenvalue weighted by atomic mass is 16.6. The van der Waals surface area contributed by atoms with E-state index in [0.29, 0.717) is 34.0 Å². The number of nitro benzene ring substituents is 1. The van der Waals surface area contributed by atoms with E-state index in [1.54, 1.807) is 30.3 Å². The number of fused-ring (bicyclic) bond motifs is 1. The Hall–Kier alpha value is -4.20. The summed E-state index contributed by atoms with van der Waals surface area (Å²) in [4.78, 5) is 26.9. The Bertz CT molecular complexity index is 1230. The van der Waals surface area contributed by atoms with Gasteiger partial charge in [0.2, 0.25) is 5.89 Å². The van der Waals surface area contributed by atoms with Gasteiger partial charge >= 0.3 is 0 Å². The number of carbonyl (C=O) groups excluding carboxylic acids is 1. The average Bonchev–Trinajstić information content (AvgIpc) is 3.17. The van der Waals surface area contributed by atoms with Crippen molar-refractivity contribution in [1.29, 1.82) is 0 Å². The number of rotatable bonds is 6. The highest BCUT2D eigenvalue weighted by Gasteiger charge is 2.13. The highest BCUT2D eigenvalue weighted by Crippen LogP contribution is 2.27. The largest absolute Gasteiger partial charge is 0.483 e. The molecule has 0 saturated carbocycles. The smallest absolute Gasteiger partial charge is 0.273 e. The number of non-ortho nitro benzene ring substituents is 1. The van der Waals surface area contributed by atoms with E-state index in [2.05, 4.69) is 10.3 Å². The van der Waals surface area contributed by atoms with Crippen LogP contribution in [0.15, 0.2) is 71.1 Å². The lowest BCUT2D eigenvalue weighted by Crippen LogP contribution is -2.20. The first-order chi connectivity index (χ1) is 14.5. The number of nitrogens with zero attached hydrogens (tertiary/aromatic N) is 2. The van der Waals surface area contributed by atoms with Crippen LogP contribution in [-0.4, -0.2) is 22.4 Å². The van der Waals surface area contributed by atoms with E-state index in [1.165, 1.54) is 12.1 Å². The molecule has 1 aromatic heterocycles. The molecule has 4 aromatic rings. The average molecular weight is 403 g/mol. The van der Waals surface area contributed by atoms with Gasteiger partial charge in [0, 0.05) is 17.3 Å². The molecule has 1 amide bonds. The quantitative estimate of drug-likeness (QED) is 0.368. The highest BCUT2D eigenvalue weighted by molar-refractivity contribution is 5.92. The molecule has 0 radical (unpaired) electrons. The lowest BCUT2D eigenvalue weighted by molar-refractivity contribution is -0.384. The van der Waals surface area contributed by atoms with Gasteiger partial charge in [0.25, 0.3) is 11.6 Å². The fourth-order valence-corrected chi connectivity index (χ4v) is 2.91. The summed E-state index contributed by atoms with van der Waals surface area (Å²) in [6, 6.07) is 18.7. The van der Waals surface area contributed by atoms with E-state index in [1.807, 2.05) is 31.2 Å². The van der Waals surface area contributed by atoms with Crippen LogP contribution in [0.25, 0.3) is 22.6 Å². The minimum atomic E-state index is -0.484. The van der Waals surface area contributed by atoms with Crippen molar-refractivity contribution < 1.29 is 18.9 Å². The van der Waals surface area contributed by atoms with E-state index >= 15 is 0 Å². The molecule has 8 nitrogen and oxygen atoms in total.